The molecule has 0 saturated carbocycles. The second-order valence-electron chi connectivity index (χ2n) is 7.29. The van der Waals surface area contributed by atoms with E-state index in [0.29, 0.717) is 17.1 Å². The van der Waals surface area contributed by atoms with Crippen LogP contribution in [0.15, 0.2) is 24.3 Å². The van der Waals surface area contributed by atoms with Crippen LogP contribution in [0, 0.1) is 11.3 Å². The predicted octanol–water partition coefficient (Wildman–Crippen LogP) is 2.47. The van der Waals surface area contributed by atoms with Crippen molar-refractivity contribution in [2.45, 2.75) is 33.2 Å². The minimum atomic E-state index is 0.118. The third-order valence-corrected chi connectivity index (χ3v) is 5.12. The van der Waals surface area contributed by atoms with Crippen molar-refractivity contribution in [1.29, 1.82) is 0 Å². The first kappa shape index (κ1) is 15.3. The molecule has 0 radical (unpaired) electrons. The smallest absolute Gasteiger partial charge is 0.225 e. The molecule has 4 nitrogen and oxygen atoms in total. The summed E-state index contributed by atoms with van der Waals surface area (Å²) in [6.45, 7) is 9.02. The Kier molecular flexibility index (Phi) is 4.13. The zero-order chi connectivity index (χ0) is 15.7. The highest BCUT2D eigenvalue weighted by molar-refractivity contribution is 5.79. The minimum Gasteiger partial charge on any atom is -0.508 e. The molecule has 2 aliphatic heterocycles. The molecule has 22 heavy (non-hydrogen) atoms. The molecule has 0 aliphatic carbocycles. The first-order valence-electron chi connectivity index (χ1n) is 8.26. The van der Waals surface area contributed by atoms with Crippen molar-refractivity contribution in [2.24, 2.45) is 11.3 Å². The number of phenols is 1. The van der Waals surface area contributed by atoms with Crippen molar-refractivity contribution in [2.75, 3.05) is 26.2 Å². The number of aromatic hydroxyl groups is 1. The van der Waals surface area contributed by atoms with Crippen LogP contribution >= 0.6 is 0 Å². The van der Waals surface area contributed by atoms with E-state index < -0.39 is 0 Å². The van der Waals surface area contributed by atoms with Crippen LogP contribution in [0.5, 0.6) is 5.75 Å². The van der Waals surface area contributed by atoms with E-state index in [4.69, 9.17) is 0 Å². The lowest BCUT2D eigenvalue weighted by molar-refractivity contribution is -0.150. The summed E-state index contributed by atoms with van der Waals surface area (Å²) in [4.78, 5) is 16.5. The van der Waals surface area contributed by atoms with Crippen molar-refractivity contribution in [3.05, 3.63) is 29.8 Å². The quantitative estimate of drug-likeness (QED) is 0.933. The Labute approximate surface area is 132 Å². The zero-order valence-corrected chi connectivity index (χ0v) is 13.6. The van der Waals surface area contributed by atoms with Crippen LogP contribution < -0.4 is 0 Å². The summed E-state index contributed by atoms with van der Waals surface area (Å²) >= 11 is 0. The standard InChI is InChI=1S/C18H26N2O2/c1-14(2)17(22)20-12-18(13-20)7-9-19(10-8-18)11-15-3-5-16(21)6-4-15/h3-6,14,21H,7-13H2,1-2H3. The van der Waals surface area contributed by atoms with E-state index in [1.54, 1.807) is 12.1 Å². The molecule has 2 heterocycles. The molecular formula is C18H26N2O2. The number of likely N-dealkylation sites (tertiary alicyclic amines) is 2. The number of nitrogens with zero attached hydrogens (tertiary/aromatic N) is 2. The Morgan fingerprint density at radius 3 is 2.32 bits per heavy atom. The van der Waals surface area contributed by atoms with E-state index in [0.717, 1.165) is 32.7 Å². The van der Waals surface area contributed by atoms with Gasteiger partial charge in [0.05, 0.1) is 0 Å². The average Bonchev–Trinajstić information content (AvgIpc) is 2.47. The van der Waals surface area contributed by atoms with Gasteiger partial charge in [0.1, 0.15) is 5.75 Å². The first-order valence-corrected chi connectivity index (χ1v) is 8.26. The Morgan fingerprint density at radius 2 is 1.77 bits per heavy atom. The van der Waals surface area contributed by atoms with E-state index in [2.05, 4.69) is 4.90 Å². The number of carbonyl (C=O) groups is 1. The fourth-order valence-electron chi connectivity index (χ4n) is 3.65. The average molecular weight is 302 g/mol. The van der Waals surface area contributed by atoms with Gasteiger partial charge in [-0.25, -0.2) is 0 Å². The largest absolute Gasteiger partial charge is 0.508 e. The number of benzene rings is 1. The topological polar surface area (TPSA) is 43.8 Å². The molecule has 2 aliphatic rings. The van der Waals surface area contributed by atoms with Crippen molar-refractivity contribution in [3.8, 4) is 5.75 Å². The predicted molar refractivity (Wildman–Crippen MR) is 86.5 cm³/mol. The molecule has 1 spiro atoms. The molecule has 1 aromatic rings. The first-order chi connectivity index (χ1) is 10.5. The number of piperidine rings is 1. The highest BCUT2D eigenvalue weighted by atomic mass is 16.3. The Balaban J connectivity index is 1.47. The molecule has 0 bridgehead atoms. The molecule has 3 rings (SSSR count). The second kappa shape index (κ2) is 5.92. The summed E-state index contributed by atoms with van der Waals surface area (Å²) in [5, 5.41) is 9.33. The third kappa shape index (κ3) is 3.12. The molecular weight excluding hydrogens is 276 g/mol. The van der Waals surface area contributed by atoms with Gasteiger partial charge >= 0.3 is 0 Å². The maximum Gasteiger partial charge on any atom is 0.225 e. The highest BCUT2D eigenvalue weighted by Gasteiger charge is 2.46. The van der Waals surface area contributed by atoms with Crippen LogP contribution in [-0.4, -0.2) is 47.0 Å². The summed E-state index contributed by atoms with van der Waals surface area (Å²) in [7, 11) is 0. The summed E-state index contributed by atoms with van der Waals surface area (Å²) < 4.78 is 0. The maximum absolute atomic E-state index is 12.0. The molecule has 0 atom stereocenters. The van der Waals surface area contributed by atoms with Gasteiger partial charge in [0.25, 0.3) is 0 Å². The van der Waals surface area contributed by atoms with E-state index in [1.165, 1.54) is 18.4 Å². The van der Waals surface area contributed by atoms with Gasteiger partial charge < -0.3 is 10.0 Å². The molecule has 4 heteroatoms. The Morgan fingerprint density at radius 1 is 1.18 bits per heavy atom. The van der Waals surface area contributed by atoms with E-state index >= 15 is 0 Å². The lowest BCUT2D eigenvalue weighted by Crippen LogP contribution is -2.62. The number of carbonyl (C=O) groups excluding carboxylic acids is 1. The minimum absolute atomic E-state index is 0.118. The normalized spacial score (nSPS) is 21.1. The van der Waals surface area contributed by atoms with Crippen LogP contribution in [0.2, 0.25) is 0 Å². The van der Waals surface area contributed by atoms with Crippen LogP contribution in [0.4, 0.5) is 0 Å². The van der Waals surface area contributed by atoms with Crippen LogP contribution in [0.1, 0.15) is 32.3 Å². The molecule has 1 aromatic carbocycles. The molecule has 0 unspecified atom stereocenters. The molecule has 2 saturated heterocycles. The lowest BCUT2D eigenvalue weighted by atomic mass is 9.71. The van der Waals surface area contributed by atoms with Crippen molar-refractivity contribution >= 4 is 5.91 Å². The van der Waals surface area contributed by atoms with Crippen molar-refractivity contribution in [1.82, 2.24) is 9.80 Å². The van der Waals surface area contributed by atoms with Gasteiger partial charge in [0.2, 0.25) is 5.91 Å². The fraction of sp³-hybridized carbons (Fsp3) is 0.611. The summed E-state index contributed by atoms with van der Waals surface area (Å²) in [5.41, 5.74) is 1.63. The third-order valence-electron chi connectivity index (χ3n) is 5.12. The number of phenolic OH excluding ortho intramolecular Hbond substituents is 1. The van der Waals surface area contributed by atoms with E-state index in [1.807, 2.05) is 30.9 Å². The van der Waals surface area contributed by atoms with Gasteiger partial charge in [-0.2, -0.15) is 0 Å². The lowest BCUT2D eigenvalue weighted by Gasteiger charge is -2.54. The van der Waals surface area contributed by atoms with Gasteiger partial charge in [-0.3, -0.25) is 9.69 Å². The number of amides is 1. The summed E-state index contributed by atoms with van der Waals surface area (Å²) in [6.07, 6.45) is 2.37. The van der Waals surface area contributed by atoms with Gasteiger partial charge in [-0.1, -0.05) is 26.0 Å². The number of rotatable bonds is 3. The van der Waals surface area contributed by atoms with Crippen molar-refractivity contribution in [3.63, 3.8) is 0 Å². The zero-order valence-electron chi connectivity index (χ0n) is 13.6. The van der Waals surface area contributed by atoms with E-state index in [-0.39, 0.29) is 5.92 Å². The SMILES string of the molecule is CC(C)C(=O)N1CC2(CCN(Cc3ccc(O)cc3)CC2)C1. The van der Waals surface area contributed by atoms with Crippen LogP contribution in [0.25, 0.3) is 0 Å². The number of hydrogen-bond donors (Lipinski definition) is 1. The maximum atomic E-state index is 12.0. The molecule has 1 amide bonds. The molecule has 120 valence electrons. The highest BCUT2D eigenvalue weighted by Crippen LogP contribution is 2.41. The monoisotopic (exact) mass is 302 g/mol. The Bertz CT molecular complexity index is 523. The second-order valence-corrected chi connectivity index (χ2v) is 7.29. The van der Waals surface area contributed by atoms with Gasteiger partial charge in [0.15, 0.2) is 0 Å². The fourth-order valence-corrected chi connectivity index (χ4v) is 3.65. The summed E-state index contributed by atoms with van der Waals surface area (Å²) in [5.74, 6) is 0.745. The van der Waals surface area contributed by atoms with Gasteiger partial charge in [-0.05, 0) is 43.6 Å². The number of hydrogen-bond acceptors (Lipinski definition) is 3. The van der Waals surface area contributed by atoms with Crippen LogP contribution in [-0.2, 0) is 11.3 Å². The molecule has 0 aromatic heterocycles. The summed E-state index contributed by atoms with van der Waals surface area (Å²) in [6, 6.07) is 7.49. The van der Waals surface area contributed by atoms with E-state index in [9.17, 15) is 9.90 Å². The van der Waals surface area contributed by atoms with Gasteiger partial charge in [-0.15, -0.1) is 0 Å². The molecule has 1 N–H and O–H groups in total. The van der Waals surface area contributed by atoms with Crippen molar-refractivity contribution < 1.29 is 9.90 Å². The van der Waals surface area contributed by atoms with Gasteiger partial charge in [0, 0.05) is 31.0 Å². The Hall–Kier alpha value is -1.55. The van der Waals surface area contributed by atoms with Crippen LogP contribution in [0.3, 0.4) is 0 Å². The molecule has 2 fully saturated rings.